The standard InChI is InChI=1S/C2H7NO4/c4-1(3-7)2(5)6/h1-7H. The molecule has 0 saturated heterocycles. The van der Waals surface area contributed by atoms with Crippen LogP contribution in [0.2, 0.25) is 0 Å². The van der Waals surface area contributed by atoms with E-state index in [1.165, 1.54) is 5.48 Å². The lowest BCUT2D eigenvalue weighted by molar-refractivity contribution is -0.166. The lowest BCUT2D eigenvalue weighted by atomic mass is 10.6. The highest BCUT2D eigenvalue weighted by atomic mass is 16.5. The zero-order chi connectivity index (χ0) is 5.86. The lowest BCUT2D eigenvalue weighted by Gasteiger charge is -2.07. The number of nitrogens with one attached hydrogen (secondary N) is 1. The Bertz CT molecular complexity index is 47.0. The summed E-state index contributed by atoms with van der Waals surface area (Å²) >= 11 is 0. The fourth-order valence-corrected chi connectivity index (χ4v) is 0.0667. The van der Waals surface area contributed by atoms with E-state index in [-0.39, 0.29) is 0 Å². The largest absolute Gasteiger partial charge is 0.372 e. The molecule has 0 aromatic heterocycles. The predicted octanol–water partition coefficient (Wildman–Crippen LogP) is -2.41. The van der Waals surface area contributed by atoms with Crippen LogP contribution in [0.1, 0.15) is 0 Å². The van der Waals surface area contributed by atoms with E-state index in [2.05, 4.69) is 0 Å². The van der Waals surface area contributed by atoms with Crippen molar-refractivity contribution in [3.8, 4) is 0 Å². The van der Waals surface area contributed by atoms with Crippen LogP contribution in [-0.4, -0.2) is 33.0 Å². The van der Waals surface area contributed by atoms with Crippen molar-refractivity contribution in [2.75, 3.05) is 0 Å². The fraction of sp³-hybridized carbons (Fsp3) is 1.00. The Balaban J connectivity index is 3.14. The Morgan fingerprint density at radius 1 is 1.14 bits per heavy atom. The van der Waals surface area contributed by atoms with Gasteiger partial charge in [-0.2, -0.15) is 5.48 Å². The summed E-state index contributed by atoms with van der Waals surface area (Å²) in [5.74, 6) is 0. The van der Waals surface area contributed by atoms with Gasteiger partial charge < -0.3 is 20.5 Å². The number of hydrogen-bond acceptors (Lipinski definition) is 5. The van der Waals surface area contributed by atoms with E-state index in [4.69, 9.17) is 20.5 Å². The molecule has 5 nitrogen and oxygen atoms in total. The monoisotopic (exact) mass is 109 g/mol. The van der Waals surface area contributed by atoms with E-state index in [1.54, 1.807) is 0 Å². The normalized spacial score (nSPS) is 15.0. The molecule has 1 unspecified atom stereocenters. The molecule has 5 N–H and O–H groups in total. The second-order valence-corrected chi connectivity index (χ2v) is 0.988. The summed E-state index contributed by atoms with van der Waals surface area (Å²) in [7, 11) is 0. The summed E-state index contributed by atoms with van der Waals surface area (Å²) in [4.78, 5) is 0. The van der Waals surface area contributed by atoms with Crippen molar-refractivity contribution >= 4 is 0 Å². The smallest absolute Gasteiger partial charge is 0.194 e. The Kier molecular flexibility index (Phi) is 2.81. The van der Waals surface area contributed by atoms with Crippen molar-refractivity contribution < 1.29 is 20.5 Å². The van der Waals surface area contributed by atoms with E-state index >= 15 is 0 Å². The third-order valence-electron chi connectivity index (χ3n) is 0.415. The average Bonchev–Trinajstić information content (AvgIpc) is 1.65. The van der Waals surface area contributed by atoms with Crippen LogP contribution >= 0.6 is 0 Å². The zero-order valence-electron chi connectivity index (χ0n) is 3.44. The van der Waals surface area contributed by atoms with Crippen LogP contribution in [0.4, 0.5) is 0 Å². The predicted molar refractivity (Wildman–Crippen MR) is 19.2 cm³/mol. The molecule has 0 radical (unpaired) electrons. The minimum absolute atomic E-state index is 1.22. The van der Waals surface area contributed by atoms with E-state index in [0.717, 1.165) is 0 Å². The van der Waals surface area contributed by atoms with Gasteiger partial charge in [-0.25, -0.2) is 0 Å². The molecule has 0 spiro atoms. The van der Waals surface area contributed by atoms with Gasteiger partial charge in [0.15, 0.2) is 12.5 Å². The summed E-state index contributed by atoms with van der Waals surface area (Å²) in [5.41, 5.74) is 1.22. The molecule has 0 bridgehead atoms. The average molecular weight is 109 g/mol. The summed E-state index contributed by atoms with van der Waals surface area (Å²) in [6, 6.07) is 0. The molecule has 0 aromatic rings. The van der Waals surface area contributed by atoms with Crippen LogP contribution in [0.3, 0.4) is 0 Å². The van der Waals surface area contributed by atoms with Crippen molar-refractivity contribution in [3.63, 3.8) is 0 Å². The molecule has 7 heavy (non-hydrogen) atoms. The maximum absolute atomic E-state index is 8.07. The Morgan fingerprint density at radius 3 is 1.57 bits per heavy atom. The number of aliphatic hydroxyl groups excluding tert-OH is 2. The Hall–Kier alpha value is -0.200. The molecule has 0 heterocycles. The molecule has 0 rings (SSSR count). The number of rotatable bonds is 2. The Labute approximate surface area is 39.8 Å². The van der Waals surface area contributed by atoms with E-state index < -0.39 is 12.5 Å². The van der Waals surface area contributed by atoms with Gasteiger partial charge in [-0.3, -0.25) is 0 Å². The van der Waals surface area contributed by atoms with Gasteiger partial charge in [-0.15, -0.1) is 0 Å². The highest BCUT2D eigenvalue weighted by Crippen LogP contribution is 1.78. The van der Waals surface area contributed by atoms with Crippen molar-refractivity contribution in [1.82, 2.24) is 5.48 Å². The van der Waals surface area contributed by atoms with Gasteiger partial charge in [-0.1, -0.05) is 0 Å². The first-order chi connectivity index (χ1) is 3.18. The highest BCUT2D eigenvalue weighted by molar-refractivity contribution is 4.41. The second kappa shape index (κ2) is 2.89. The molecular weight excluding hydrogens is 102 g/mol. The first-order valence-corrected chi connectivity index (χ1v) is 1.62. The molecule has 0 saturated carbocycles. The van der Waals surface area contributed by atoms with Crippen LogP contribution in [-0.2, 0) is 0 Å². The topological polar surface area (TPSA) is 93.0 Å². The summed E-state index contributed by atoms with van der Waals surface area (Å²) < 4.78 is 0. The number of aliphatic hydroxyl groups is 3. The molecule has 0 aromatic carbocycles. The molecule has 0 fully saturated rings. The van der Waals surface area contributed by atoms with Crippen LogP contribution < -0.4 is 5.48 Å². The second-order valence-electron chi connectivity index (χ2n) is 0.988. The summed E-state index contributed by atoms with van der Waals surface area (Å²) in [6.07, 6.45) is -3.62. The minimum atomic E-state index is -1.94. The van der Waals surface area contributed by atoms with Gasteiger partial charge >= 0.3 is 0 Å². The quantitative estimate of drug-likeness (QED) is 0.201. The van der Waals surface area contributed by atoms with Gasteiger partial charge in [0, 0.05) is 0 Å². The van der Waals surface area contributed by atoms with Crippen LogP contribution in [0.25, 0.3) is 0 Å². The molecule has 0 aliphatic rings. The highest BCUT2D eigenvalue weighted by Gasteiger charge is 2.08. The van der Waals surface area contributed by atoms with E-state index in [1.807, 2.05) is 0 Å². The maximum atomic E-state index is 8.07. The third-order valence-corrected chi connectivity index (χ3v) is 0.415. The molecule has 0 aliphatic carbocycles. The maximum Gasteiger partial charge on any atom is 0.194 e. The molecule has 44 valence electrons. The first kappa shape index (κ1) is 6.80. The number of hydroxylamine groups is 1. The van der Waals surface area contributed by atoms with Crippen molar-refractivity contribution in [2.24, 2.45) is 0 Å². The van der Waals surface area contributed by atoms with Crippen molar-refractivity contribution in [1.29, 1.82) is 0 Å². The van der Waals surface area contributed by atoms with Crippen LogP contribution in [0.5, 0.6) is 0 Å². The van der Waals surface area contributed by atoms with Crippen molar-refractivity contribution in [2.45, 2.75) is 12.5 Å². The molecule has 0 amide bonds. The minimum Gasteiger partial charge on any atom is -0.372 e. The Morgan fingerprint density at radius 2 is 1.57 bits per heavy atom. The van der Waals surface area contributed by atoms with Crippen molar-refractivity contribution in [3.05, 3.63) is 0 Å². The molecule has 5 heteroatoms. The first-order valence-electron chi connectivity index (χ1n) is 1.62. The van der Waals surface area contributed by atoms with Gasteiger partial charge in [0.1, 0.15) is 0 Å². The third kappa shape index (κ3) is 2.49. The van der Waals surface area contributed by atoms with Crippen LogP contribution in [0.15, 0.2) is 0 Å². The summed E-state index contributed by atoms with van der Waals surface area (Å²) in [5, 5.41) is 31.6. The molecule has 0 aliphatic heterocycles. The fourth-order valence-electron chi connectivity index (χ4n) is 0.0667. The molecule has 1 atom stereocenters. The van der Waals surface area contributed by atoms with Gasteiger partial charge in [0.25, 0.3) is 0 Å². The van der Waals surface area contributed by atoms with Crippen LogP contribution in [0, 0.1) is 0 Å². The summed E-state index contributed by atoms with van der Waals surface area (Å²) in [6.45, 7) is 0. The van der Waals surface area contributed by atoms with Gasteiger partial charge in [-0.05, 0) is 0 Å². The molecular formula is C2H7NO4. The van der Waals surface area contributed by atoms with Gasteiger partial charge in [0.2, 0.25) is 0 Å². The SMILES string of the molecule is ONC(O)C(O)O. The number of hydrogen-bond donors (Lipinski definition) is 5. The van der Waals surface area contributed by atoms with Gasteiger partial charge in [0.05, 0.1) is 0 Å². The van der Waals surface area contributed by atoms with E-state index in [0.29, 0.717) is 0 Å². The zero-order valence-corrected chi connectivity index (χ0v) is 3.44. The van der Waals surface area contributed by atoms with E-state index in [9.17, 15) is 0 Å². The lowest BCUT2D eigenvalue weighted by Crippen LogP contribution is -2.37.